The lowest BCUT2D eigenvalue weighted by Gasteiger charge is -2.27. The van der Waals surface area contributed by atoms with E-state index >= 15 is 0 Å². The lowest BCUT2D eigenvalue weighted by molar-refractivity contribution is -0.121. The Morgan fingerprint density at radius 1 is 1.16 bits per heavy atom. The summed E-state index contributed by atoms with van der Waals surface area (Å²) in [5.41, 5.74) is 2.75. The molecule has 4 nitrogen and oxygen atoms in total. The van der Waals surface area contributed by atoms with E-state index in [0.29, 0.717) is 6.42 Å². The van der Waals surface area contributed by atoms with Gasteiger partial charge < -0.3 is 15.5 Å². The zero-order valence-electron chi connectivity index (χ0n) is 15.9. The molecule has 1 saturated heterocycles. The number of nitrogens with one attached hydrogen (secondary N) is 2. The summed E-state index contributed by atoms with van der Waals surface area (Å²) in [5, 5.41) is 6.40. The molecule has 0 saturated carbocycles. The van der Waals surface area contributed by atoms with E-state index in [9.17, 15) is 4.79 Å². The third-order valence-electron chi connectivity index (χ3n) is 4.64. The van der Waals surface area contributed by atoms with Crippen LogP contribution in [0.1, 0.15) is 44.7 Å². The second-order valence-electron chi connectivity index (χ2n) is 7.74. The number of amides is 1. The average molecular weight is 368 g/mol. The minimum absolute atomic E-state index is 0. The van der Waals surface area contributed by atoms with Crippen molar-refractivity contribution < 1.29 is 4.79 Å². The molecule has 0 aliphatic carbocycles. The minimum Gasteiger partial charge on any atom is -0.356 e. The van der Waals surface area contributed by atoms with Gasteiger partial charge in [0.15, 0.2) is 0 Å². The molecule has 0 spiro atoms. The van der Waals surface area contributed by atoms with E-state index < -0.39 is 0 Å². The number of hydrogen-bond donors (Lipinski definition) is 2. The lowest BCUT2D eigenvalue weighted by Crippen LogP contribution is -2.44. The van der Waals surface area contributed by atoms with E-state index in [1.807, 2.05) is 0 Å². The molecule has 1 fully saturated rings. The Kier molecular flexibility index (Phi) is 9.47. The average Bonchev–Trinajstić information content (AvgIpc) is 2.57. The quantitative estimate of drug-likeness (QED) is 0.728. The van der Waals surface area contributed by atoms with Crippen molar-refractivity contribution in [2.45, 2.75) is 45.4 Å². The highest BCUT2D eigenvalue weighted by Gasteiger charge is 2.13. The van der Waals surface area contributed by atoms with Gasteiger partial charge in [0.25, 0.3) is 0 Å². The van der Waals surface area contributed by atoms with Crippen molar-refractivity contribution in [3.05, 3.63) is 35.4 Å². The Labute approximate surface area is 159 Å². The van der Waals surface area contributed by atoms with Crippen molar-refractivity contribution in [1.29, 1.82) is 0 Å². The van der Waals surface area contributed by atoms with Crippen LogP contribution in [0, 0.1) is 0 Å². The Bertz CT molecular complexity index is 505. The molecule has 1 heterocycles. The summed E-state index contributed by atoms with van der Waals surface area (Å²) in [4.78, 5) is 14.4. The van der Waals surface area contributed by atoms with Gasteiger partial charge in [-0.25, -0.2) is 0 Å². The van der Waals surface area contributed by atoms with Gasteiger partial charge in [0.2, 0.25) is 5.91 Å². The van der Waals surface area contributed by atoms with Crippen LogP contribution >= 0.6 is 12.4 Å². The first-order valence-corrected chi connectivity index (χ1v) is 9.24. The van der Waals surface area contributed by atoms with Crippen LogP contribution < -0.4 is 10.6 Å². The van der Waals surface area contributed by atoms with Gasteiger partial charge in [-0.3, -0.25) is 4.79 Å². The molecule has 0 radical (unpaired) electrons. The van der Waals surface area contributed by atoms with E-state index in [4.69, 9.17) is 0 Å². The highest BCUT2D eigenvalue weighted by molar-refractivity contribution is 5.85. The van der Waals surface area contributed by atoms with Crippen molar-refractivity contribution in [3.63, 3.8) is 0 Å². The molecule has 5 heteroatoms. The first-order chi connectivity index (χ1) is 11.4. The molecule has 25 heavy (non-hydrogen) atoms. The monoisotopic (exact) mass is 367 g/mol. The fourth-order valence-electron chi connectivity index (χ4n) is 2.98. The standard InChI is InChI=1S/C20H33N3O.ClH/c1-20(2,3)18-8-5-17(6-9-18)7-10-19(24)22-11-4-14-23-15-12-21-13-16-23;/h5-6,8-9,21H,4,7,10-16H2,1-3H3,(H,22,24);1H. The third-order valence-corrected chi connectivity index (χ3v) is 4.64. The summed E-state index contributed by atoms with van der Waals surface area (Å²) in [6.45, 7) is 12.9. The fraction of sp³-hybridized carbons (Fsp3) is 0.650. The maximum absolute atomic E-state index is 12.0. The van der Waals surface area contributed by atoms with E-state index in [1.54, 1.807) is 0 Å². The highest BCUT2D eigenvalue weighted by atomic mass is 35.5. The molecule has 0 unspecified atom stereocenters. The number of carbonyl (C=O) groups is 1. The van der Waals surface area contributed by atoms with Gasteiger partial charge in [-0.05, 0) is 35.9 Å². The summed E-state index contributed by atoms with van der Waals surface area (Å²) < 4.78 is 0. The molecule has 1 aliphatic rings. The Balaban J connectivity index is 0.00000312. The van der Waals surface area contributed by atoms with E-state index in [0.717, 1.165) is 52.1 Å². The van der Waals surface area contributed by atoms with Crippen molar-refractivity contribution in [2.75, 3.05) is 39.3 Å². The lowest BCUT2D eigenvalue weighted by atomic mass is 9.86. The second kappa shape index (κ2) is 10.8. The molecule has 0 aromatic heterocycles. The van der Waals surface area contributed by atoms with Gasteiger partial charge >= 0.3 is 0 Å². The summed E-state index contributed by atoms with van der Waals surface area (Å²) in [6.07, 6.45) is 2.42. The number of hydrogen-bond acceptors (Lipinski definition) is 3. The first kappa shape index (κ1) is 21.9. The molecular weight excluding hydrogens is 334 g/mol. The van der Waals surface area contributed by atoms with Crippen LogP contribution in [-0.4, -0.2) is 50.1 Å². The van der Waals surface area contributed by atoms with Crippen molar-refractivity contribution >= 4 is 18.3 Å². The van der Waals surface area contributed by atoms with Gasteiger partial charge in [0.1, 0.15) is 0 Å². The largest absolute Gasteiger partial charge is 0.356 e. The molecule has 1 aliphatic heterocycles. The van der Waals surface area contributed by atoms with Gasteiger partial charge in [-0.15, -0.1) is 12.4 Å². The van der Waals surface area contributed by atoms with E-state index in [-0.39, 0.29) is 23.7 Å². The van der Waals surface area contributed by atoms with Crippen molar-refractivity contribution in [1.82, 2.24) is 15.5 Å². The molecule has 1 aromatic rings. The summed E-state index contributed by atoms with van der Waals surface area (Å²) >= 11 is 0. The number of halogens is 1. The van der Waals surface area contributed by atoms with Gasteiger partial charge in [0, 0.05) is 39.1 Å². The minimum atomic E-state index is 0. The fourth-order valence-corrected chi connectivity index (χ4v) is 2.98. The van der Waals surface area contributed by atoms with Crippen LogP contribution in [0.3, 0.4) is 0 Å². The van der Waals surface area contributed by atoms with Crippen LogP contribution in [0.2, 0.25) is 0 Å². The van der Waals surface area contributed by atoms with Crippen LogP contribution in [0.15, 0.2) is 24.3 Å². The first-order valence-electron chi connectivity index (χ1n) is 9.24. The summed E-state index contributed by atoms with van der Waals surface area (Å²) in [5.74, 6) is 0.162. The van der Waals surface area contributed by atoms with E-state index in [2.05, 4.69) is 60.6 Å². The van der Waals surface area contributed by atoms with Gasteiger partial charge in [0.05, 0.1) is 0 Å². The predicted octanol–water partition coefficient (Wildman–Crippen LogP) is 2.75. The molecule has 2 rings (SSSR count). The molecule has 142 valence electrons. The van der Waals surface area contributed by atoms with Crippen LogP contribution in [0.5, 0.6) is 0 Å². The Hall–Kier alpha value is -1.10. The zero-order chi connectivity index (χ0) is 17.4. The van der Waals surface area contributed by atoms with Crippen LogP contribution in [0.25, 0.3) is 0 Å². The molecule has 2 N–H and O–H groups in total. The molecular formula is C20H34ClN3O. The Morgan fingerprint density at radius 3 is 2.40 bits per heavy atom. The normalized spacial score (nSPS) is 15.5. The summed E-state index contributed by atoms with van der Waals surface area (Å²) in [7, 11) is 0. The second-order valence-corrected chi connectivity index (χ2v) is 7.74. The predicted molar refractivity (Wildman–Crippen MR) is 108 cm³/mol. The zero-order valence-corrected chi connectivity index (χ0v) is 16.8. The smallest absolute Gasteiger partial charge is 0.220 e. The SMILES string of the molecule is CC(C)(C)c1ccc(CCC(=O)NCCCN2CCNCC2)cc1.Cl. The van der Waals surface area contributed by atoms with Crippen LogP contribution in [-0.2, 0) is 16.6 Å². The molecule has 0 atom stereocenters. The van der Waals surface area contributed by atoms with E-state index in [1.165, 1.54) is 11.1 Å². The number of rotatable bonds is 7. The molecule has 1 amide bonds. The molecule has 0 bridgehead atoms. The molecule has 1 aromatic carbocycles. The maximum Gasteiger partial charge on any atom is 0.220 e. The number of carbonyl (C=O) groups excluding carboxylic acids is 1. The number of aryl methyl sites for hydroxylation is 1. The Morgan fingerprint density at radius 2 is 1.80 bits per heavy atom. The summed E-state index contributed by atoms with van der Waals surface area (Å²) in [6, 6.07) is 8.66. The third kappa shape index (κ3) is 8.21. The van der Waals surface area contributed by atoms with Crippen molar-refractivity contribution in [3.8, 4) is 0 Å². The van der Waals surface area contributed by atoms with Gasteiger partial charge in [-0.2, -0.15) is 0 Å². The van der Waals surface area contributed by atoms with Crippen molar-refractivity contribution in [2.24, 2.45) is 0 Å². The maximum atomic E-state index is 12.0. The number of piperazine rings is 1. The van der Waals surface area contributed by atoms with Gasteiger partial charge in [-0.1, -0.05) is 45.0 Å². The highest BCUT2D eigenvalue weighted by Crippen LogP contribution is 2.22. The van der Waals surface area contributed by atoms with Crippen LogP contribution in [0.4, 0.5) is 0 Å². The topological polar surface area (TPSA) is 44.4 Å². The number of nitrogens with zero attached hydrogens (tertiary/aromatic N) is 1. The number of benzene rings is 1.